The maximum Gasteiger partial charge on any atom is 0.274 e. The number of nitrogens with one attached hydrogen (secondary N) is 2. The summed E-state index contributed by atoms with van der Waals surface area (Å²) in [6, 6.07) is 11.9. The second-order valence-corrected chi connectivity index (χ2v) is 5.56. The third kappa shape index (κ3) is 4.17. The number of methoxy groups -OCH3 is 1. The van der Waals surface area contributed by atoms with Gasteiger partial charge in [0.25, 0.3) is 5.91 Å². The zero-order chi connectivity index (χ0) is 19.4. The molecule has 0 unspecified atom stereocenters. The Bertz CT molecular complexity index is 975. The minimum absolute atomic E-state index is 0.0393. The Morgan fingerprint density at radius 3 is 2.44 bits per heavy atom. The number of rotatable bonds is 5. The van der Waals surface area contributed by atoms with Crippen molar-refractivity contribution < 1.29 is 18.3 Å². The molecule has 6 nitrogen and oxygen atoms in total. The first kappa shape index (κ1) is 18.2. The molecule has 0 atom stereocenters. The van der Waals surface area contributed by atoms with Crippen LogP contribution in [-0.2, 0) is 0 Å². The van der Waals surface area contributed by atoms with Gasteiger partial charge in [0, 0.05) is 6.07 Å². The molecule has 1 aromatic heterocycles. The van der Waals surface area contributed by atoms with Crippen LogP contribution in [0.2, 0.25) is 0 Å². The van der Waals surface area contributed by atoms with Crippen LogP contribution in [0.1, 0.15) is 16.3 Å². The molecule has 0 aliphatic heterocycles. The van der Waals surface area contributed by atoms with Crippen LogP contribution >= 0.6 is 0 Å². The van der Waals surface area contributed by atoms with Crippen molar-refractivity contribution in [1.82, 2.24) is 9.97 Å². The summed E-state index contributed by atoms with van der Waals surface area (Å²) in [5.74, 6) is -1.26. The minimum Gasteiger partial charge on any atom is -0.495 e. The Morgan fingerprint density at radius 1 is 1.04 bits per heavy atom. The molecular weight excluding hydrogens is 354 g/mol. The van der Waals surface area contributed by atoms with E-state index in [2.05, 4.69) is 20.6 Å². The number of ether oxygens (including phenoxy) is 1. The van der Waals surface area contributed by atoms with Crippen molar-refractivity contribution in [3.8, 4) is 5.75 Å². The van der Waals surface area contributed by atoms with Gasteiger partial charge in [0.05, 0.1) is 12.8 Å². The maximum atomic E-state index is 13.7. The van der Waals surface area contributed by atoms with E-state index in [-0.39, 0.29) is 5.69 Å². The van der Waals surface area contributed by atoms with Gasteiger partial charge in [-0.1, -0.05) is 18.2 Å². The topological polar surface area (TPSA) is 76.1 Å². The Hall–Kier alpha value is -3.55. The normalized spacial score (nSPS) is 10.4. The molecule has 0 saturated carbocycles. The van der Waals surface area contributed by atoms with E-state index >= 15 is 0 Å². The molecule has 0 saturated heterocycles. The molecule has 2 aromatic carbocycles. The first-order valence-electron chi connectivity index (χ1n) is 7.99. The number of anilines is 3. The first-order valence-corrected chi connectivity index (χ1v) is 7.99. The lowest BCUT2D eigenvalue weighted by Gasteiger charge is -2.12. The van der Waals surface area contributed by atoms with Gasteiger partial charge in [-0.2, -0.15) is 0 Å². The number of carbonyl (C=O) groups excluding carboxylic acids is 1. The summed E-state index contributed by atoms with van der Waals surface area (Å²) in [5, 5.41) is 5.25. The third-order valence-corrected chi connectivity index (χ3v) is 3.64. The standard InChI is InChI=1S/C19H16F2N4O2/c1-11-22-15(19(26)25-18-12(20)6-5-7-13(18)21)10-17(23-11)24-14-8-3-4-9-16(14)27-2/h3-10H,1-2H3,(H,25,26)(H,22,23,24). The van der Waals surface area contributed by atoms with Crippen LogP contribution in [0.4, 0.5) is 26.0 Å². The zero-order valence-corrected chi connectivity index (χ0v) is 14.6. The zero-order valence-electron chi connectivity index (χ0n) is 14.6. The lowest BCUT2D eigenvalue weighted by atomic mass is 10.2. The van der Waals surface area contributed by atoms with Gasteiger partial charge in [0.1, 0.15) is 40.4 Å². The van der Waals surface area contributed by atoms with Crippen LogP contribution in [-0.4, -0.2) is 23.0 Å². The Balaban J connectivity index is 1.88. The molecule has 1 heterocycles. The quantitative estimate of drug-likeness (QED) is 0.708. The van der Waals surface area contributed by atoms with Crippen molar-refractivity contribution in [3.63, 3.8) is 0 Å². The fourth-order valence-corrected chi connectivity index (χ4v) is 2.43. The van der Waals surface area contributed by atoms with E-state index in [0.717, 1.165) is 12.1 Å². The molecule has 0 spiro atoms. The van der Waals surface area contributed by atoms with Gasteiger partial charge in [-0.25, -0.2) is 18.7 Å². The molecule has 1 amide bonds. The minimum atomic E-state index is -0.874. The van der Waals surface area contributed by atoms with Gasteiger partial charge in [-0.3, -0.25) is 4.79 Å². The van der Waals surface area contributed by atoms with E-state index in [4.69, 9.17) is 4.74 Å². The van der Waals surface area contributed by atoms with Crippen LogP contribution in [0.25, 0.3) is 0 Å². The van der Waals surface area contributed by atoms with Crippen LogP contribution in [0.3, 0.4) is 0 Å². The van der Waals surface area contributed by atoms with Gasteiger partial charge in [-0.15, -0.1) is 0 Å². The number of hydrogen-bond acceptors (Lipinski definition) is 5. The summed E-state index contributed by atoms with van der Waals surface area (Å²) >= 11 is 0. The highest BCUT2D eigenvalue weighted by Gasteiger charge is 2.16. The van der Waals surface area contributed by atoms with Gasteiger partial charge < -0.3 is 15.4 Å². The van der Waals surface area contributed by atoms with Crippen LogP contribution in [0, 0.1) is 18.6 Å². The molecule has 0 radical (unpaired) electrons. The van der Waals surface area contributed by atoms with Gasteiger partial charge in [-0.05, 0) is 31.2 Å². The monoisotopic (exact) mass is 370 g/mol. The molecule has 0 fully saturated rings. The predicted octanol–water partition coefficient (Wildman–Crippen LogP) is 4.07. The second-order valence-electron chi connectivity index (χ2n) is 5.56. The van der Waals surface area contributed by atoms with E-state index in [1.165, 1.54) is 19.2 Å². The van der Waals surface area contributed by atoms with Crippen molar-refractivity contribution in [2.24, 2.45) is 0 Å². The molecule has 0 bridgehead atoms. The second kappa shape index (κ2) is 7.77. The lowest BCUT2D eigenvalue weighted by Crippen LogP contribution is -2.17. The molecule has 3 rings (SSSR count). The van der Waals surface area contributed by atoms with Crippen LogP contribution < -0.4 is 15.4 Å². The Morgan fingerprint density at radius 2 is 1.74 bits per heavy atom. The predicted molar refractivity (Wildman–Crippen MR) is 97.4 cm³/mol. The number of nitrogens with zero attached hydrogens (tertiary/aromatic N) is 2. The average Bonchev–Trinajstić information content (AvgIpc) is 2.64. The summed E-state index contributed by atoms with van der Waals surface area (Å²) in [4.78, 5) is 20.7. The molecule has 3 aromatic rings. The first-order chi connectivity index (χ1) is 13.0. The fraction of sp³-hybridized carbons (Fsp3) is 0.105. The van der Waals surface area contributed by atoms with E-state index in [0.29, 0.717) is 23.1 Å². The highest BCUT2D eigenvalue weighted by molar-refractivity contribution is 6.03. The molecule has 27 heavy (non-hydrogen) atoms. The smallest absolute Gasteiger partial charge is 0.274 e. The fourth-order valence-electron chi connectivity index (χ4n) is 2.43. The number of para-hydroxylation sites is 3. The number of aryl methyl sites for hydroxylation is 1. The van der Waals surface area contributed by atoms with Gasteiger partial charge >= 0.3 is 0 Å². The van der Waals surface area contributed by atoms with Crippen molar-refractivity contribution in [2.45, 2.75) is 6.92 Å². The highest BCUT2D eigenvalue weighted by atomic mass is 19.1. The number of aromatic nitrogens is 2. The SMILES string of the molecule is COc1ccccc1Nc1cc(C(=O)Nc2c(F)cccc2F)nc(C)n1. The van der Waals surface area contributed by atoms with E-state index < -0.39 is 23.2 Å². The van der Waals surface area contributed by atoms with Crippen LogP contribution in [0.5, 0.6) is 5.75 Å². The van der Waals surface area contributed by atoms with E-state index in [1.54, 1.807) is 19.1 Å². The number of amides is 1. The van der Waals surface area contributed by atoms with Crippen molar-refractivity contribution in [1.29, 1.82) is 0 Å². The molecule has 2 N–H and O–H groups in total. The number of halogens is 2. The lowest BCUT2D eigenvalue weighted by molar-refractivity contribution is 0.102. The molecular formula is C19H16F2N4O2. The van der Waals surface area contributed by atoms with Gasteiger partial charge in [0.15, 0.2) is 0 Å². The number of benzene rings is 2. The summed E-state index contributed by atoms with van der Waals surface area (Å²) in [6.45, 7) is 1.61. The summed E-state index contributed by atoms with van der Waals surface area (Å²) in [7, 11) is 1.54. The largest absolute Gasteiger partial charge is 0.495 e. The maximum absolute atomic E-state index is 13.7. The molecule has 0 aliphatic carbocycles. The molecule has 0 aliphatic rings. The van der Waals surface area contributed by atoms with E-state index in [1.807, 2.05) is 12.1 Å². The van der Waals surface area contributed by atoms with E-state index in [9.17, 15) is 13.6 Å². The number of hydrogen-bond donors (Lipinski definition) is 2. The van der Waals surface area contributed by atoms with Crippen LogP contribution in [0.15, 0.2) is 48.5 Å². The molecule has 8 heteroatoms. The Kier molecular flexibility index (Phi) is 5.25. The van der Waals surface area contributed by atoms with Gasteiger partial charge in [0.2, 0.25) is 0 Å². The summed E-state index contributed by atoms with van der Waals surface area (Å²) in [5.41, 5.74) is 0.0742. The van der Waals surface area contributed by atoms with Crippen molar-refractivity contribution >= 4 is 23.1 Å². The molecule has 138 valence electrons. The summed E-state index contributed by atoms with van der Waals surface area (Å²) < 4.78 is 32.7. The van der Waals surface area contributed by atoms with Crippen molar-refractivity contribution in [2.75, 3.05) is 17.7 Å². The highest BCUT2D eigenvalue weighted by Crippen LogP contribution is 2.26. The summed E-state index contributed by atoms with van der Waals surface area (Å²) in [6.07, 6.45) is 0. The average molecular weight is 370 g/mol. The Labute approximate surface area is 154 Å². The third-order valence-electron chi connectivity index (χ3n) is 3.64. The number of carbonyl (C=O) groups is 1. The van der Waals surface area contributed by atoms with Crippen molar-refractivity contribution in [3.05, 3.63) is 71.7 Å².